The molecule has 0 spiro atoms. The molecular weight excluding hydrogens is 232 g/mol. The first-order valence-electron chi connectivity index (χ1n) is 6.08. The summed E-state index contributed by atoms with van der Waals surface area (Å²) in [7, 11) is 1.59. The van der Waals surface area contributed by atoms with Gasteiger partial charge in [0.25, 0.3) is 5.91 Å². The first kappa shape index (κ1) is 14.4. The van der Waals surface area contributed by atoms with E-state index in [4.69, 9.17) is 4.74 Å². The molecule has 0 aromatic carbocycles. The molecule has 0 saturated heterocycles. The zero-order valence-electron chi connectivity index (χ0n) is 11.1. The van der Waals surface area contributed by atoms with Gasteiger partial charge >= 0.3 is 0 Å². The normalized spacial score (nSPS) is 10.2. The molecule has 0 fully saturated rings. The molecule has 100 valence electrons. The van der Waals surface area contributed by atoms with E-state index in [-0.39, 0.29) is 5.91 Å². The van der Waals surface area contributed by atoms with Crippen molar-refractivity contribution in [2.24, 2.45) is 0 Å². The molecule has 1 N–H and O–H groups in total. The highest BCUT2D eigenvalue weighted by Crippen LogP contribution is 2.06. The van der Waals surface area contributed by atoms with E-state index in [9.17, 15) is 4.79 Å². The Labute approximate surface area is 107 Å². The van der Waals surface area contributed by atoms with Gasteiger partial charge in [0.15, 0.2) is 0 Å². The van der Waals surface area contributed by atoms with Crippen LogP contribution in [0.4, 0.5) is 5.95 Å². The Morgan fingerprint density at radius 3 is 2.78 bits per heavy atom. The van der Waals surface area contributed by atoms with Gasteiger partial charge in [-0.25, -0.2) is 9.97 Å². The number of amides is 1. The topological polar surface area (TPSA) is 67.4 Å². The average Bonchev–Trinajstić information content (AvgIpc) is 2.41. The molecule has 0 unspecified atom stereocenters. The Hall–Kier alpha value is -1.69. The molecule has 0 bridgehead atoms. The number of methoxy groups -OCH3 is 1. The summed E-state index contributed by atoms with van der Waals surface area (Å²) in [4.78, 5) is 22.2. The Balaban J connectivity index is 2.72. The summed E-state index contributed by atoms with van der Waals surface area (Å²) in [6.45, 7) is 6.63. The Bertz CT molecular complexity index is 380. The summed E-state index contributed by atoms with van der Waals surface area (Å²) < 4.78 is 4.87. The molecule has 6 nitrogen and oxygen atoms in total. The first-order chi connectivity index (χ1) is 8.72. The number of ether oxygens (including phenoxy) is 1. The van der Waals surface area contributed by atoms with Crippen LogP contribution in [0.3, 0.4) is 0 Å². The van der Waals surface area contributed by atoms with Crippen molar-refractivity contribution in [3.05, 3.63) is 18.0 Å². The average molecular weight is 252 g/mol. The molecule has 6 heteroatoms. The summed E-state index contributed by atoms with van der Waals surface area (Å²) in [6.07, 6.45) is 1.60. The second-order valence-corrected chi connectivity index (χ2v) is 3.66. The van der Waals surface area contributed by atoms with Crippen LogP contribution >= 0.6 is 0 Å². The summed E-state index contributed by atoms with van der Waals surface area (Å²) in [6, 6.07) is 1.61. The van der Waals surface area contributed by atoms with E-state index in [1.54, 1.807) is 19.4 Å². The van der Waals surface area contributed by atoms with Crippen molar-refractivity contribution in [3.63, 3.8) is 0 Å². The number of hydrogen-bond donors (Lipinski definition) is 1. The number of anilines is 1. The molecule has 0 saturated carbocycles. The molecule has 1 aromatic rings. The van der Waals surface area contributed by atoms with Gasteiger partial charge in [-0.3, -0.25) is 4.79 Å². The maximum atomic E-state index is 11.8. The van der Waals surface area contributed by atoms with Crippen LogP contribution in [0, 0.1) is 0 Å². The second-order valence-electron chi connectivity index (χ2n) is 3.66. The van der Waals surface area contributed by atoms with Gasteiger partial charge in [-0.05, 0) is 19.9 Å². The van der Waals surface area contributed by atoms with Crippen LogP contribution in [0.1, 0.15) is 24.3 Å². The molecule has 1 aromatic heterocycles. The van der Waals surface area contributed by atoms with Crippen molar-refractivity contribution in [3.8, 4) is 0 Å². The molecule has 1 amide bonds. The van der Waals surface area contributed by atoms with Crippen LogP contribution in [-0.2, 0) is 4.74 Å². The summed E-state index contributed by atoms with van der Waals surface area (Å²) >= 11 is 0. The first-order valence-corrected chi connectivity index (χ1v) is 6.08. The lowest BCUT2D eigenvalue weighted by molar-refractivity contribution is 0.0932. The lowest BCUT2D eigenvalue weighted by Gasteiger charge is -2.18. The fourth-order valence-corrected chi connectivity index (χ4v) is 1.49. The van der Waals surface area contributed by atoms with Gasteiger partial charge in [-0.15, -0.1) is 0 Å². The van der Waals surface area contributed by atoms with E-state index in [0.29, 0.717) is 24.8 Å². The fraction of sp³-hybridized carbons (Fsp3) is 0.583. The summed E-state index contributed by atoms with van der Waals surface area (Å²) in [5.74, 6) is 0.377. The Kier molecular flexibility index (Phi) is 6.07. The van der Waals surface area contributed by atoms with Gasteiger partial charge in [0, 0.05) is 32.9 Å². The molecule has 0 aliphatic carbocycles. The third-order valence-electron chi connectivity index (χ3n) is 2.51. The van der Waals surface area contributed by atoms with E-state index in [2.05, 4.69) is 15.3 Å². The summed E-state index contributed by atoms with van der Waals surface area (Å²) in [5, 5.41) is 2.73. The van der Waals surface area contributed by atoms with Crippen LogP contribution in [0.15, 0.2) is 12.3 Å². The summed E-state index contributed by atoms with van der Waals surface area (Å²) in [5.41, 5.74) is 0.378. The minimum atomic E-state index is -0.206. The van der Waals surface area contributed by atoms with Crippen LogP contribution in [-0.4, -0.2) is 49.2 Å². The second kappa shape index (κ2) is 7.60. The van der Waals surface area contributed by atoms with Gasteiger partial charge in [0.05, 0.1) is 6.61 Å². The van der Waals surface area contributed by atoms with Gasteiger partial charge < -0.3 is 15.0 Å². The lowest BCUT2D eigenvalue weighted by Crippen LogP contribution is -2.29. The van der Waals surface area contributed by atoms with Crippen molar-refractivity contribution in [1.82, 2.24) is 15.3 Å². The molecule has 18 heavy (non-hydrogen) atoms. The predicted octanol–water partition coefficient (Wildman–Crippen LogP) is 0.699. The van der Waals surface area contributed by atoms with Crippen molar-refractivity contribution in [2.45, 2.75) is 13.8 Å². The van der Waals surface area contributed by atoms with E-state index < -0.39 is 0 Å². The number of aromatic nitrogens is 2. The number of nitrogens with one attached hydrogen (secondary N) is 1. The maximum absolute atomic E-state index is 11.8. The SMILES string of the molecule is CCN(CC)c1nccc(C(=O)NCCOC)n1. The minimum absolute atomic E-state index is 0.206. The number of hydrogen-bond acceptors (Lipinski definition) is 5. The lowest BCUT2D eigenvalue weighted by atomic mass is 10.4. The van der Waals surface area contributed by atoms with Crippen molar-refractivity contribution >= 4 is 11.9 Å². The Morgan fingerprint density at radius 1 is 1.44 bits per heavy atom. The molecular formula is C12H20N4O2. The van der Waals surface area contributed by atoms with E-state index in [1.807, 2.05) is 18.7 Å². The largest absolute Gasteiger partial charge is 0.383 e. The van der Waals surface area contributed by atoms with Gasteiger partial charge in [0.1, 0.15) is 5.69 Å². The Morgan fingerprint density at radius 2 is 2.17 bits per heavy atom. The third-order valence-corrected chi connectivity index (χ3v) is 2.51. The number of rotatable bonds is 7. The van der Waals surface area contributed by atoms with Crippen LogP contribution in [0.2, 0.25) is 0 Å². The van der Waals surface area contributed by atoms with E-state index in [0.717, 1.165) is 13.1 Å². The molecule has 0 radical (unpaired) electrons. The standard InChI is InChI=1S/C12H20N4O2/c1-4-16(5-2)12-14-7-6-10(15-12)11(17)13-8-9-18-3/h6-7H,4-5,8-9H2,1-3H3,(H,13,17). The number of nitrogens with zero attached hydrogens (tertiary/aromatic N) is 3. The van der Waals surface area contributed by atoms with Crippen molar-refractivity contribution < 1.29 is 9.53 Å². The zero-order chi connectivity index (χ0) is 13.4. The van der Waals surface area contributed by atoms with Crippen LogP contribution in [0.25, 0.3) is 0 Å². The molecule has 0 atom stereocenters. The fourth-order valence-electron chi connectivity index (χ4n) is 1.49. The highest BCUT2D eigenvalue weighted by atomic mass is 16.5. The third kappa shape index (κ3) is 3.96. The van der Waals surface area contributed by atoms with Crippen molar-refractivity contribution in [2.75, 3.05) is 38.3 Å². The van der Waals surface area contributed by atoms with Crippen LogP contribution < -0.4 is 10.2 Å². The smallest absolute Gasteiger partial charge is 0.270 e. The highest BCUT2D eigenvalue weighted by molar-refractivity contribution is 5.92. The molecule has 0 aliphatic rings. The van der Waals surface area contributed by atoms with Crippen LogP contribution in [0.5, 0.6) is 0 Å². The van der Waals surface area contributed by atoms with Gasteiger partial charge in [0.2, 0.25) is 5.95 Å². The van der Waals surface area contributed by atoms with Gasteiger partial charge in [-0.1, -0.05) is 0 Å². The van der Waals surface area contributed by atoms with Crippen molar-refractivity contribution in [1.29, 1.82) is 0 Å². The number of carbonyl (C=O) groups is 1. The quantitative estimate of drug-likeness (QED) is 0.723. The zero-order valence-corrected chi connectivity index (χ0v) is 11.1. The predicted molar refractivity (Wildman–Crippen MR) is 69.8 cm³/mol. The number of carbonyl (C=O) groups excluding carboxylic acids is 1. The minimum Gasteiger partial charge on any atom is -0.383 e. The molecule has 1 rings (SSSR count). The van der Waals surface area contributed by atoms with E-state index in [1.165, 1.54) is 0 Å². The maximum Gasteiger partial charge on any atom is 0.270 e. The van der Waals surface area contributed by atoms with Gasteiger partial charge in [-0.2, -0.15) is 0 Å². The molecule has 0 aliphatic heterocycles. The highest BCUT2D eigenvalue weighted by Gasteiger charge is 2.10. The molecule has 1 heterocycles. The van der Waals surface area contributed by atoms with E-state index >= 15 is 0 Å². The monoisotopic (exact) mass is 252 g/mol.